The van der Waals surface area contributed by atoms with Crippen molar-refractivity contribution in [2.75, 3.05) is 5.32 Å². The second-order valence-electron chi connectivity index (χ2n) is 3.62. The molecular weight excluding hydrogens is 256 g/mol. The zero-order valence-corrected chi connectivity index (χ0v) is 10.3. The third kappa shape index (κ3) is 3.58. The third-order valence-electron chi connectivity index (χ3n) is 2.22. The van der Waals surface area contributed by atoms with Crippen LogP contribution < -0.4 is 11.1 Å². The number of carbonyl (C=O) groups is 2. The van der Waals surface area contributed by atoms with Crippen molar-refractivity contribution in [3.05, 3.63) is 41.4 Å². The maximum atomic E-state index is 11.6. The maximum absolute atomic E-state index is 11.6. The summed E-state index contributed by atoms with van der Waals surface area (Å²) in [6.07, 6.45) is 1.90. The van der Waals surface area contributed by atoms with Gasteiger partial charge in [0.2, 0.25) is 5.91 Å². The van der Waals surface area contributed by atoms with E-state index in [4.69, 9.17) is 22.4 Å². The van der Waals surface area contributed by atoms with Crippen molar-refractivity contribution in [3.8, 4) is 0 Å². The second-order valence-corrected chi connectivity index (χ2v) is 4.03. The fourth-order valence-electron chi connectivity index (χ4n) is 1.29. The van der Waals surface area contributed by atoms with Gasteiger partial charge in [0.1, 0.15) is 0 Å². The van der Waals surface area contributed by atoms with Crippen molar-refractivity contribution in [1.29, 1.82) is 0 Å². The third-order valence-corrected chi connectivity index (χ3v) is 2.54. The van der Waals surface area contributed by atoms with Gasteiger partial charge in [0.15, 0.2) is 0 Å². The molecule has 1 rings (SSSR count). The highest BCUT2D eigenvalue weighted by Crippen LogP contribution is 2.21. The molecule has 1 aromatic carbocycles. The summed E-state index contributed by atoms with van der Waals surface area (Å²) >= 11 is 5.77. The van der Waals surface area contributed by atoms with Crippen molar-refractivity contribution < 1.29 is 14.7 Å². The van der Waals surface area contributed by atoms with E-state index < -0.39 is 12.0 Å². The average Bonchev–Trinajstić information content (AvgIpc) is 2.28. The summed E-state index contributed by atoms with van der Waals surface area (Å²) in [7, 11) is 0. The Labute approximate surface area is 109 Å². The van der Waals surface area contributed by atoms with Crippen LogP contribution in [-0.2, 0) is 4.79 Å². The Morgan fingerprint density at radius 1 is 1.56 bits per heavy atom. The molecular formula is C12H13ClN2O3. The SMILES string of the molecule is C=CCC(N)C(=O)Nc1ccc(C(=O)O)c(Cl)c1. The highest BCUT2D eigenvalue weighted by Gasteiger charge is 2.13. The summed E-state index contributed by atoms with van der Waals surface area (Å²) in [5.41, 5.74) is 5.96. The van der Waals surface area contributed by atoms with Crippen LogP contribution in [0.3, 0.4) is 0 Å². The Morgan fingerprint density at radius 2 is 2.22 bits per heavy atom. The van der Waals surface area contributed by atoms with E-state index in [-0.39, 0.29) is 16.5 Å². The summed E-state index contributed by atoms with van der Waals surface area (Å²) in [5, 5.41) is 11.4. The van der Waals surface area contributed by atoms with Crippen molar-refractivity contribution in [1.82, 2.24) is 0 Å². The number of hydrogen-bond donors (Lipinski definition) is 3. The predicted octanol–water partition coefficient (Wildman–Crippen LogP) is 1.88. The molecule has 6 heteroatoms. The smallest absolute Gasteiger partial charge is 0.337 e. The lowest BCUT2D eigenvalue weighted by Crippen LogP contribution is -2.35. The largest absolute Gasteiger partial charge is 0.478 e. The van der Waals surface area contributed by atoms with Gasteiger partial charge < -0.3 is 16.2 Å². The van der Waals surface area contributed by atoms with Gasteiger partial charge in [-0.15, -0.1) is 6.58 Å². The lowest BCUT2D eigenvalue weighted by atomic mass is 10.1. The monoisotopic (exact) mass is 268 g/mol. The van der Waals surface area contributed by atoms with Crippen LogP contribution in [0.1, 0.15) is 16.8 Å². The first-order valence-electron chi connectivity index (χ1n) is 5.16. The lowest BCUT2D eigenvalue weighted by Gasteiger charge is -2.11. The number of carboxylic acids is 1. The molecule has 0 spiro atoms. The van der Waals surface area contributed by atoms with E-state index in [0.717, 1.165) is 0 Å². The van der Waals surface area contributed by atoms with E-state index in [0.29, 0.717) is 12.1 Å². The van der Waals surface area contributed by atoms with Crippen LogP contribution in [-0.4, -0.2) is 23.0 Å². The second kappa shape index (κ2) is 6.18. The molecule has 1 aromatic rings. The van der Waals surface area contributed by atoms with Crippen molar-refractivity contribution in [2.24, 2.45) is 5.73 Å². The van der Waals surface area contributed by atoms with Crippen LogP contribution in [0, 0.1) is 0 Å². The maximum Gasteiger partial charge on any atom is 0.337 e. The van der Waals surface area contributed by atoms with Gasteiger partial charge in [0, 0.05) is 5.69 Å². The topological polar surface area (TPSA) is 92.4 Å². The Bertz CT molecular complexity index is 488. The van der Waals surface area contributed by atoms with Gasteiger partial charge >= 0.3 is 5.97 Å². The van der Waals surface area contributed by atoms with Crippen LogP contribution in [0.15, 0.2) is 30.9 Å². The molecule has 0 aromatic heterocycles. The number of carboxylic acid groups (broad SMARTS) is 1. The molecule has 0 heterocycles. The number of carbonyl (C=O) groups excluding carboxylic acids is 1. The molecule has 96 valence electrons. The van der Waals surface area contributed by atoms with E-state index in [2.05, 4.69) is 11.9 Å². The highest BCUT2D eigenvalue weighted by molar-refractivity contribution is 6.33. The molecule has 0 bridgehead atoms. The number of anilines is 1. The molecule has 0 aliphatic heterocycles. The summed E-state index contributed by atoms with van der Waals surface area (Å²) in [6, 6.07) is 3.44. The minimum absolute atomic E-state index is 0.0231. The fourth-order valence-corrected chi connectivity index (χ4v) is 1.55. The normalized spacial score (nSPS) is 11.7. The van der Waals surface area contributed by atoms with E-state index in [1.165, 1.54) is 18.2 Å². The summed E-state index contributed by atoms with van der Waals surface area (Å²) < 4.78 is 0. The zero-order chi connectivity index (χ0) is 13.7. The molecule has 0 radical (unpaired) electrons. The molecule has 0 saturated carbocycles. The fraction of sp³-hybridized carbons (Fsp3) is 0.167. The molecule has 1 unspecified atom stereocenters. The molecule has 1 amide bonds. The van der Waals surface area contributed by atoms with E-state index in [9.17, 15) is 9.59 Å². The first-order chi connectivity index (χ1) is 8.45. The standard InChI is InChI=1S/C12H13ClN2O3/c1-2-3-10(14)11(16)15-7-4-5-8(12(17)18)9(13)6-7/h2,4-6,10H,1,3,14H2,(H,15,16)(H,17,18). The van der Waals surface area contributed by atoms with Crippen molar-refractivity contribution >= 4 is 29.2 Å². The Morgan fingerprint density at radius 3 is 2.72 bits per heavy atom. The summed E-state index contributed by atoms with van der Waals surface area (Å²) in [6.45, 7) is 3.49. The van der Waals surface area contributed by atoms with Gasteiger partial charge in [-0.1, -0.05) is 17.7 Å². The van der Waals surface area contributed by atoms with Gasteiger partial charge in [0.05, 0.1) is 16.6 Å². The van der Waals surface area contributed by atoms with Crippen molar-refractivity contribution in [3.63, 3.8) is 0 Å². The van der Waals surface area contributed by atoms with Gasteiger partial charge in [-0.05, 0) is 24.6 Å². The molecule has 0 fully saturated rings. The van der Waals surface area contributed by atoms with Crippen LogP contribution >= 0.6 is 11.6 Å². The van der Waals surface area contributed by atoms with Crippen LogP contribution in [0.25, 0.3) is 0 Å². The minimum Gasteiger partial charge on any atom is -0.478 e. The predicted molar refractivity (Wildman–Crippen MR) is 69.8 cm³/mol. The van der Waals surface area contributed by atoms with Crippen LogP contribution in [0.2, 0.25) is 5.02 Å². The van der Waals surface area contributed by atoms with Gasteiger partial charge in [0.25, 0.3) is 0 Å². The first kappa shape index (κ1) is 14.2. The lowest BCUT2D eigenvalue weighted by molar-refractivity contribution is -0.117. The average molecular weight is 269 g/mol. The summed E-state index contributed by atoms with van der Waals surface area (Å²) in [4.78, 5) is 22.3. The molecule has 0 saturated heterocycles. The first-order valence-corrected chi connectivity index (χ1v) is 5.53. The summed E-state index contributed by atoms with van der Waals surface area (Å²) in [5.74, 6) is -1.50. The van der Waals surface area contributed by atoms with Crippen LogP contribution in [0.4, 0.5) is 5.69 Å². The number of amides is 1. The Balaban J connectivity index is 2.80. The number of halogens is 1. The zero-order valence-electron chi connectivity index (χ0n) is 9.52. The van der Waals surface area contributed by atoms with Gasteiger partial charge in [-0.3, -0.25) is 4.79 Å². The molecule has 0 aliphatic rings. The number of nitrogens with one attached hydrogen (secondary N) is 1. The van der Waals surface area contributed by atoms with E-state index in [1.807, 2.05) is 0 Å². The number of nitrogens with two attached hydrogens (primary N) is 1. The molecule has 5 nitrogen and oxygen atoms in total. The number of rotatable bonds is 5. The highest BCUT2D eigenvalue weighted by atomic mass is 35.5. The Kier molecular flexibility index (Phi) is 4.88. The van der Waals surface area contributed by atoms with Crippen LogP contribution in [0.5, 0.6) is 0 Å². The van der Waals surface area contributed by atoms with Gasteiger partial charge in [-0.25, -0.2) is 4.79 Å². The number of aromatic carboxylic acids is 1. The molecule has 0 aliphatic carbocycles. The van der Waals surface area contributed by atoms with E-state index >= 15 is 0 Å². The molecule has 1 atom stereocenters. The minimum atomic E-state index is -1.12. The van der Waals surface area contributed by atoms with E-state index in [1.54, 1.807) is 6.08 Å². The number of benzene rings is 1. The van der Waals surface area contributed by atoms with Crippen molar-refractivity contribution in [2.45, 2.75) is 12.5 Å². The van der Waals surface area contributed by atoms with Gasteiger partial charge in [-0.2, -0.15) is 0 Å². The molecule has 18 heavy (non-hydrogen) atoms. The number of hydrogen-bond acceptors (Lipinski definition) is 3. The Hall–Kier alpha value is -1.85. The quantitative estimate of drug-likeness (QED) is 0.711. The molecule has 4 N–H and O–H groups in total.